The maximum atomic E-state index is 13.4. The highest BCUT2D eigenvalue weighted by Gasteiger charge is 2.13. The maximum Gasteiger partial charge on any atom is 0.335 e. The molecule has 0 atom stereocenters. The minimum Gasteiger partial charge on any atom is -0.506 e. The molecule has 0 aliphatic heterocycles. The number of carbonyl (C=O) groups is 2. The Labute approximate surface area is 127 Å². The lowest BCUT2D eigenvalue weighted by molar-refractivity contribution is 0.0696. The number of carbonyl (C=O) groups excluding carboxylic acids is 1. The fourth-order valence-corrected chi connectivity index (χ4v) is 1.85. The third kappa shape index (κ3) is 3.38. The van der Waals surface area contributed by atoms with Crippen molar-refractivity contribution in [1.29, 1.82) is 0 Å². The Hall–Kier alpha value is -2.41. The number of nitrogens with one attached hydrogen (secondary N) is 1. The van der Waals surface area contributed by atoms with Gasteiger partial charge in [0, 0.05) is 5.56 Å². The number of halogens is 2. The Balaban J connectivity index is 2.28. The van der Waals surface area contributed by atoms with Gasteiger partial charge in [0.05, 0.1) is 15.7 Å². The van der Waals surface area contributed by atoms with Crippen molar-refractivity contribution >= 4 is 33.5 Å². The van der Waals surface area contributed by atoms with Crippen molar-refractivity contribution in [3.05, 3.63) is 57.8 Å². The summed E-state index contributed by atoms with van der Waals surface area (Å²) in [4.78, 5) is 22.8. The summed E-state index contributed by atoms with van der Waals surface area (Å²) in [5, 5.41) is 20.8. The molecule has 0 aliphatic carbocycles. The second-order valence-electron chi connectivity index (χ2n) is 4.12. The fourth-order valence-electron chi connectivity index (χ4n) is 1.60. The van der Waals surface area contributed by atoms with E-state index in [4.69, 9.17) is 5.11 Å². The summed E-state index contributed by atoms with van der Waals surface area (Å²) in [6.45, 7) is 0. The number of rotatable bonds is 3. The van der Waals surface area contributed by atoms with Crippen LogP contribution in [0.2, 0.25) is 0 Å². The van der Waals surface area contributed by atoms with Gasteiger partial charge in [-0.05, 0) is 52.3 Å². The van der Waals surface area contributed by atoms with Crippen LogP contribution < -0.4 is 5.32 Å². The van der Waals surface area contributed by atoms with Gasteiger partial charge in [0.2, 0.25) is 0 Å². The van der Waals surface area contributed by atoms with Crippen LogP contribution >= 0.6 is 15.9 Å². The Morgan fingerprint density at radius 2 is 1.76 bits per heavy atom. The highest BCUT2D eigenvalue weighted by molar-refractivity contribution is 9.10. The molecular formula is C14H9BrFNO4. The van der Waals surface area contributed by atoms with Gasteiger partial charge in [-0.3, -0.25) is 4.79 Å². The van der Waals surface area contributed by atoms with Crippen LogP contribution in [0.4, 0.5) is 10.1 Å². The summed E-state index contributed by atoms with van der Waals surface area (Å²) in [5.74, 6) is -2.75. The normalized spacial score (nSPS) is 10.2. The molecule has 7 heteroatoms. The SMILES string of the molecule is O=C(O)c1ccc(O)c(NC(=O)c2ccc(Br)c(F)c2)c1. The quantitative estimate of drug-likeness (QED) is 0.739. The topological polar surface area (TPSA) is 86.6 Å². The molecule has 0 saturated heterocycles. The molecule has 2 aromatic carbocycles. The number of phenolic OH excluding ortho intramolecular Hbond substituents is 1. The van der Waals surface area contributed by atoms with E-state index in [1.54, 1.807) is 0 Å². The number of anilines is 1. The Bertz CT molecular complexity index is 733. The molecule has 0 saturated carbocycles. The first-order valence-corrected chi connectivity index (χ1v) is 6.50. The van der Waals surface area contributed by atoms with Crippen molar-refractivity contribution in [3.63, 3.8) is 0 Å². The second-order valence-corrected chi connectivity index (χ2v) is 4.97. The molecule has 108 valence electrons. The second kappa shape index (κ2) is 5.92. The van der Waals surface area contributed by atoms with E-state index in [9.17, 15) is 19.1 Å². The molecule has 2 aromatic rings. The molecule has 0 aliphatic rings. The Morgan fingerprint density at radius 1 is 1.10 bits per heavy atom. The highest BCUT2D eigenvalue weighted by atomic mass is 79.9. The van der Waals surface area contributed by atoms with Crippen LogP contribution in [0.1, 0.15) is 20.7 Å². The monoisotopic (exact) mass is 353 g/mol. The van der Waals surface area contributed by atoms with Crippen molar-refractivity contribution in [3.8, 4) is 5.75 Å². The van der Waals surface area contributed by atoms with Crippen molar-refractivity contribution < 1.29 is 24.2 Å². The molecule has 0 bridgehead atoms. The van der Waals surface area contributed by atoms with Gasteiger partial charge in [0.1, 0.15) is 11.6 Å². The summed E-state index contributed by atoms with van der Waals surface area (Å²) >= 11 is 2.97. The van der Waals surface area contributed by atoms with E-state index >= 15 is 0 Å². The molecule has 2 rings (SSSR count). The fraction of sp³-hybridized carbons (Fsp3) is 0. The van der Waals surface area contributed by atoms with Gasteiger partial charge in [-0.25, -0.2) is 9.18 Å². The first-order valence-electron chi connectivity index (χ1n) is 5.71. The van der Waals surface area contributed by atoms with Crippen LogP contribution in [-0.4, -0.2) is 22.1 Å². The number of carboxylic acid groups (broad SMARTS) is 1. The molecule has 3 N–H and O–H groups in total. The highest BCUT2D eigenvalue weighted by Crippen LogP contribution is 2.25. The number of amides is 1. The van der Waals surface area contributed by atoms with Crippen LogP contribution in [-0.2, 0) is 0 Å². The first-order chi connectivity index (χ1) is 9.88. The van der Waals surface area contributed by atoms with Gasteiger partial charge in [0.15, 0.2) is 0 Å². The predicted molar refractivity (Wildman–Crippen MR) is 77.1 cm³/mol. The van der Waals surface area contributed by atoms with Gasteiger partial charge in [0.25, 0.3) is 5.91 Å². The molecule has 5 nitrogen and oxygen atoms in total. The van der Waals surface area contributed by atoms with E-state index in [0.717, 1.165) is 18.2 Å². The van der Waals surface area contributed by atoms with Crippen molar-refractivity contribution in [2.45, 2.75) is 0 Å². The molecular weight excluding hydrogens is 345 g/mol. The number of aromatic carboxylic acids is 1. The van der Waals surface area contributed by atoms with E-state index in [1.807, 2.05) is 0 Å². The average molecular weight is 354 g/mol. The van der Waals surface area contributed by atoms with Crippen LogP contribution in [0.15, 0.2) is 40.9 Å². The molecule has 0 heterocycles. The predicted octanol–water partition coefficient (Wildman–Crippen LogP) is 3.24. The lowest BCUT2D eigenvalue weighted by Gasteiger charge is -2.08. The maximum absolute atomic E-state index is 13.4. The summed E-state index contributed by atoms with van der Waals surface area (Å²) in [7, 11) is 0. The molecule has 0 spiro atoms. The number of phenols is 1. The van der Waals surface area contributed by atoms with Crippen LogP contribution in [0.25, 0.3) is 0 Å². The average Bonchev–Trinajstić information content (AvgIpc) is 2.43. The number of hydrogen-bond donors (Lipinski definition) is 3. The number of hydrogen-bond acceptors (Lipinski definition) is 3. The van der Waals surface area contributed by atoms with E-state index in [2.05, 4.69) is 21.2 Å². The molecule has 0 unspecified atom stereocenters. The summed E-state index contributed by atoms with van der Waals surface area (Å²) < 4.78 is 13.6. The summed E-state index contributed by atoms with van der Waals surface area (Å²) in [5.41, 5.74) is -0.121. The van der Waals surface area contributed by atoms with Crippen molar-refractivity contribution in [1.82, 2.24) is 0 Å². The third-order valence-electron chi connectivity index (χ3n) is 2.67. The largest absolute Gasteiger partial charge is 0.506 e. The zero-order valence-corrected chi connectivity index (χ0v) is 12.0. The lowest BCUT2D eigenvalue weighted by atomic mass is 10.1. The third-order valence-corrected chi connectivity index (χ3v) is 3.32. The van der Waals surface area contributed by atoms with E-state index in [-0.39, 0.29) is 27.0 Å². The summed E-state index contributed by atoms with van der Waals surface area (Å²) in [6, 6.07) is 7.26. The summed E-state index contributed by atoms with van der Waals surface area (Å²) in [6.07, 6.45) is 0. The Kier molecular flexibility index (Phi) is 4.23. The van der Waals surface area contributed by atoms with Gasteiger partial charge in [-0.1, -0.05) is 0 Å². The zero-order chi connectivity index (χ0) is 15.6. The van der Waals surface area contributed by atoms with E-state index in [1.165, 1.54) is 18.2 Å². The molecule has 1 amide bonds. The first kappa shape index (κ1) is 15.0. The zero-order valence-electron chi connectivity index (χ0n) is 10.4. The molecule has 0 fully saturated rings. The molecule has 0 radical (unpaired) electrons. The van der Waals surface area contributed by atoms with Crippen LogP contribution in [0.3, 0.4) is 0 Å². The van der Waals surface area contributed by atoms with Gasteiger partial charge in [-0.15, -0.1) is 0 Å². The minimum absolute atomic E-state index is 0.0378. The van der Waals surface area contributed by atoms with E-state index < -0.39 is 17.7 Å². The standard InChI is InChI=1S/C14H9BrFNO4/c15-9-3-1-7(5-10(9)16)13(19)17-11-6-8(14(20)21)2-4-12(11)18/h1-6,18H,(H,17,19)(H,20,21). The number of benzene rings is 2. The van der Waals surface area contributed by atoms with Gasteiger partial charge in [-0.2, -0.15) is 0 Å². The smallest absolute Gasteiger partial charge is 0.335 e. The van der Waals surface area contributed by atoms with E-state index in [0.29, 0.717) is 0 Å². The molecule has 0 aromatic heterocycles. The minimum atomic E-state index is -1.19. The van der Waals surface area contributed by atoms with Crippen LogP contribution in [0, 0.1) is 5.82 Å². The van der Waals surface area contributed by atoms with Gasteiger partial charge >= 0.3 is 5.97 Å². The number of aromatic hydroxyl groups is 1. The lowest BCUT2D eigenvalue weighted by Crippen LogP contribution is -2.13. The Morgan fingerprint density at radius 3 is 2.38 bits per heavy atom. The van der Waals surface area contributed by atoms with Gasteiger partial charge < -0.3 is 15.5 Å². The van der Waals surface area contributed by atoms with Crippen molar-refractivity contribution in [2.24, 2.45) is 0 Å². The molecule has 21 heavy (non-hydrogen) atoms. The number of carboxylic acids is 1. The van der Waals surface area contributed by atoms with Crippen molar-refractivity contribution in [2.75, 3.05) is 5.32 Å². The van der Waals surface area contributed by atoms with Crippen LogP contribution in [0.5, 0.6) is 5.75 Å².